The average Bonchev–Trinajstić information content (AvgIpc) is 2.32. The fourth-order valence-corrected chi connectivity index (χ4v) is 2.22. The van der Waals surface area contributed by atoms with Gasteiger partial charge in [0.15, 0.2) is 0 Å². The molecule has 0 spiro atoms. The van der Waals surface area contributed by atoms with E-state index < -0.39 is 0 Å². The van der Waals surface area contributed by atoms with Crippen molar-refractivity contribution in [2.24, 2.45) is 5.92 Å². The van der Waals surface area contributed by atoms with Crippen molar-refractivity contribution in [2.75, 3.05) is 13.6 Å². The van der Waals surface area contributed by atoms with Crippen LogP contribution in [0.3, 0.4) is 0 Å². The molecule has 0 saturated carbocycles. The lowest BCUT2D eigenvalue weighted by Crippen LogP contribution is -2.21. The number of likely N-dealkylation sites (tertiary alicyclic amines) is 1. The first-order valence-corrected chi connectivity index (χ1v) is 5.44. The molecule has 0 N–H and O–H groups in total. The van der Waals surface area contributed by atoms with Crippen LogP contribution in [0, 0.1) is 5.92 Å². The molecular weight excluding hydrogens is 146 g/mol. The van der Waals surface area contributed by atoms with Crippen LogP contribution in [0.5, 0.6) is 0 Å². The van der Waals surface area contributed by atoms with Crippen LogP contribution in [-0.2, 0) is 0 Å². The maximum Gasteiger partial charge on any atom is 0.00671 e. The van der Waals surface area contributed by atoms with Crippen molar-refractivity contribution < 1.29 is 0 Å². The highest BCUT2D eigenvalue weighted by atomic mass is 15.1. The predicted octanol–water partition coefficient (Wildman–Crippen LogP) is 2.91. The summed E-state index contributed by atoms with van der Waals surface area (Å²) in [6, 6.07) is 0.830. The van der Waals surface area contributed by atoms with E-state index in [9.17, 15) is 0 Å². The minimum atomic E-state index is 0.830. The van der Waals surface area contributed by atoms with E-state index in [1.165, 1.54) is 38.6 Å². The lowest BCUT2D eigenvalue weighted by molar-refractivity contribution is 0.323. The highest BCUT2D eigenvalue weighted by molar-refractivity contribution is 4.79. The molecule has 72 valence electrons. The van der Waals surface area contributed by atoms with Crippen LogP contribution in [0.4, 0.5) is 0 Å². The summed E-state index contributed by atoms with van der Waals surface area (Å²) < 4.78 is 0. The first-order chi connectivity index (χ1) is 5.74. The molecule has 0 aromatic rings. The van der Waals surface area contributed by atoms with Gasteiger partial charge in [0.05, 0.1) is 0 Å². The number of unbranched alkanes of at least 4 members (excludes halogenated alkanes) is 2. The van der Waals surface area contributed by atoms with E-state index in [1.807, 2.05) is 0 Å². The van der Waals surface area contributed by atoms with Gasteiger partial charge in [-0.15, -0.1) is 0 Å². The Hall–Kier alpha value is -0.0400. The molecule has 1 heterocycles. The molecule has 1 unspecified atom stereocenters. The summed E-state index contributed by atoms with van der Waals surface area (Å²) in [7, 11) is 2.25. The second-order valence-electron chi connectivity index (χ2n) is 4.39. The summed E-state index contributed by atoms with van der Waals surface area (Å²) in [5.74, 6) is 0.997. The Bertz CT molecular complexity index is 112. The third kappa shape index (κ3) is 2.78. The smallest absolute Gasteiger partial charge is 0.00671 e. The Balaban J connectivity index is 2.10. The van der Waals surface area contributed by atoms with E-state index in [-0.39, 0.29) is 0 Å². The number of hydrogen-bond acceptors (Lipinski definition) is 1. The maximum atomic E-state index is 2.50. The van der Waals surface area contributed by atoms with Crippen LogP contribution < -0.4 is 0 Å². The van der Waals surface area contributed by atoms with E-state index in [1.54, 1.807) is 0 Å². The fraction of sp³-hybridized carbons (Fsp3) is 1.00. The fourth-order valence-electron chi connectivity index (χ4n) is 2.22. The zero-order valence-corrected chi connectivity index (χ0v) is 8.84. The van der Waals surface area contributed by atoms with E-state index in [0.29, 0.717) is 0 Å². The molecule has 1 rings (SSSR count). The number of hydrogen-bond donors (Lipinski definition) is 0. The summed E-state index contributed by atoms with van der Waals surface area (Å²) in [6.45, 7) is 5.97. The predicted molar refractivity (Wildman–Crippen MR) is 54.3 cm³/mol. The third-order valence-electron chi connectivity index (χ3n) is 3.19. The van der Waals surface area contributed by atoms with Gasteiger partial charge in [-0.25, -0.2) is 0 Å². The minimum absolute atomic E-state index is 0.830. The zero-order valence-electron chi connectivity index (χ0n) is 8.84. The molecule has 1 aliphatic rings. The second-order valence-corrected chi connectivity index (χ2v) is 4.39. The van der Waals surface area contributed by atoms with E-state index in [2.05, 4.69) is 25.8 Å². The first kappa shape index (κ1) is 10.0. The third-order valence-corrected chi connectivity index (χ3v) is 3.19. The number of nitrogens with zero attached hydrogens (tertiary/aromatic N) is 1. The van der Waals surface area contributed by atoms with Crippen LogP contribution in [-0.4, -0.2) is 24.5 Å². The quantitative estimate of drug-likeness (QED) is 0.585. The molecule has 0 aliphatic carbocycles. The summed E-state index contributed by atoms with van der Waals surface area (Å²) >= 11 is 0. The summed E-state index contributed by atoms with van der Waals surface area (Å²) in [6.07, 6.45) is 7.12. The topological polar surface area (TPSA) is 3.24 Å². The minimum Gasteiger partial charge on any atom is -0.303 e. The lowest BCUT2D eigenvalue weighted by Gasteiger charge is -2.12. The van der Waals surface area contributed by atoms with E-state index in [4.69, 9.17) is 0 Å². The monoisotopic (exact) mass is 169 g/mol. The molecule has 1 aliphatic heterocycles. The molecule has 0 radical (unpaired) electrons. The summed E-state index contributed by atoms with van der Waals surface area (Å²) in [4.78, 5) is 2.50. The van der Waals surface area contributed by atoms with E-state index >= 15 is 0 Å². The van der Waals surface area contributed by atoms with Crippen molar-refractivity contribution in [3.63, 3.8) is 0 Å². The van der Waals surface area contributed by atoms with Crippen molar-refractivity contribution in [3.8, 4) is 0 Å². The zero-order chi connectivity index (χ0) is 8.97. The molecule has 12 heavy (non-hydrogen) atoms. The Kier molecular flexibility index (Phi) is 4.07. The molecule has 1 heteroatoms. The van der Waals surface area contributed by atoms with Crippen LogP contribution in [0.15, 0.2) is 0 Å². The molecule has 1 fully saturated rings. The summed E-state index contributed by atoms with van der Waals surface area (Å²) in [5.41, 5.74) is 0. The second kappa shape index (κ2) is 4.86. The highest BCUT2D eigenvalue weighted by Crippen LogP contribution is 2.25. The van der Waals surface area contributed by atoms with Gasteiger partial charge in [-0.1, -0.05) is 26.2 Å². The van der Waals surface area contributed by atoms with Gasteiger partial charge >= 0.3 is 0 Å². The van der Waals surface area contributed by atoms with Gasteiger partial charge in [0.1, 0.15) is 0 Å². The lowest BCUT2D eigenvalue weighted by atomic mass is 9.99. The van der Waals surface area contributed by atoms with Crippen LogP contribution >= 0.6 is 0 Å². The van der Waals surface area contributed by atoms with Crippen molar-refractivity contribution in [2.45, 2.75) is 52.0 Å². The molecule has 2 atom stereocenters. The molecule has 0 aromatic carbocycles. The van der Waals surface area contributed by atoms with Crippen molar-refractivity contribution >= 4 is 0 Å². The van der Waals surface area contributed by atoms with Crippen molar-refractivity contribution in [1.29, 1.82) is 0 Å². The Labute approximate surface area is 77.1 Å². The standard InChI is InChI=1S/C11H23N/c1-4-5-6-7-11-8-10(2)12(3)9-11/h10-11H,4-9H2,1-3H3/t10?,11-/m0/s1. The summed E-state index contributed by atoms with van der Waals surface area (Å²) in [5, 5.41) is 0. The van der Waals surface area contributed by atoms with Crippen molar-refractivity contribution in [1.82, 2.24) is 4.90 Å². The molecule has 0 amide bonds. The van der Waals surface area contributed by atoms with Crippen LogP contribution in [0.2, 0.25) is 0 Å². The molecule has 1 nitrogen and oxygen atoms in total. The van der Waals surface area contributed by atoms with Crippen LogP contribution in [0.1, 0.15) is 46.0 Å². The van der Waals surface area contributed by atoms with Gasteiger partial charge in [-0.2, -0.15) is 0 Å². The molecular formula is C11H23N. The van der Waals surface area contributed by atoms with Gasteiger partial charge in [0.2, 0.25) is 0 Å². The highest BCUT2D eigenvalue weighted by Gasteiger charge is 2.24. The molecule has 1 saturated heterocycles. The normalized spacial score (nSPS) is 31.2. The van der Waals surface area contributed by atoms with Crippen LogP contribution in [0.25, 0.3) is 0 Å². The Morgan fingerprint density at radius 2 is 2.08 bits per heavy atom. The molecule has 0 aromatic heterocycles. The SMILES string of the molecule is CCCCC[C@H]1CC(C)N(C)C1. The maximum absolute atomic E-state index is 2.50. The Morgan fingerprint density at radius 1 is 1.33 bits per heavy atom. The number of rotatable bonds is 4. The van der Waals surface area contributed by atoms with E-state index in [0.717, 1.165) is 12.0 Å². The van der Waals surface area contributed by atoms with Crippen molar-refractivity contribution in [3.05, 3.63) is 0 Å². The largest absolute Gasteiger partial charge is 0.303 e. The van der Waals surface area contributed by atoms with Gasteiger partial charge < -0.3 is 4.90 Å². The van der Waals surface area contributed by atoms with Gasteiger partial charge in [0, 0.05) is 12.6 Å². The van der Waals surface area contributed by atoms with Gasteiger partial charge in [-0.3, -0.25) is 0 Å². The average molecular weight is 169 g/mol. The van der Waals surface area contributed by atoms with Gasteiger partial charge in [0.25, 0.3) is 0 Å². The first-order valence-electron chi connectivity index (χ1n) is 5.44. The van der Waals surface area contributed by atoms with Gasteiger partial charge in [-0.05, 0) is 32.7 Å². The Morgan fingerprint density at radius 3 is 2.58 bits per heavy atom. The molecule has 0 bridgehead atoms.